The van der Waals surface area contributed by atoms with E-state index in [1.54, 1.807) is 43.3 Å². The van der Waals surface area contributed by atoms with Crippen LogP contribution in [0.25, 0.3) is 0 Å². The van der Waals surface area contributed by atoms with Crippen LogP contribution in [0, 0.1) is 0 Å². The van der Waals surface area contributed by atoms with Crippen molar-refractivity contribution in [3.05, 3.63) is 84.4 Å². The quantitative estimate of drug-likeness (QED) is 0.478. The third kappa shape index (κ3) is 6.16. The fourth-order valence-corrected chi connectivity index (χ4v) is 3.83. The molecular formula is C23H22N2O6S. The fourth-order valence-electron chi connectivity index (χ4n) is 2.74. The second-order valence-corrected chi connectivity index (χ2v) is 8.33. The number of carbonyl (C=O) groups excluding carboxylic acids is 2. The number of hydrogen-bond donors (Lipinski definition) is 2. The molecule has 9 heteroatoms. The molecule has 0 aliphatic heterocycles. The number of benzene rings is 3. The Morgan fingerprint density at radius 2 is 1.62 bits per heavy atom. The summed E-state index contributed by atoms with van der Waals surface area (Å²) in [5.74, 6) is -0.353. The van der Waals surface area contributed by atoms with Gasteiger partial charge in [-0.2, -0.15) is 0 Å². The first-order chi connectivity index (χ1) is 15.4. The SMILES string of the molecule is CCNS(=O)(=O)c1cccc(C(=O)OCC(=O)Nc2ccccc2Oc2ccccc2)c1. The molecule has 0 aliphatic rings. The largest absolute Gasteiger partial charge is 0.455 e. The number of esters is 1. The summed E-state index contributed by atoms with van der Waals surface area (Å²) in [6.07, 6.45) is 0. The van der Waals surface area contributed by atoms with Crippen LogP contribution in [-0.4, -0.2) is 33.4 Å². The van der Waals surface area contributed by atoms with Crippen molar-refractivity contribution in [1.82, 2.24) is 4.72 Å². The summed E-state index contributed by atoms with van der Waals surface area (Å²) in [6, 6.07) is 21.3. The number of anilines is 1. The highest BCUT2D eigenvalue weighted by atomic mass is 32.2. The molecule has 0 fully saturated rings. The van der Waals surface area contributed by atoms with Crippen LogP contribution in [0.1, 0.15) is 17.3 Å². The zero-order valence-corrected chi connectivity index (χ0v) is 18.1. The second-order valence-electron chi connectivity index (χ2n) is 6.56. The van der Waals surface area contributed by atoms with Gasteiger partial charge in [-0.25, -0.2) is 17.9 Å². The number of sulfonamides is 1. The Hall–Kier alpha value is -3.69. The molecule has 0 aliphatic carbocycles. The first-order valence-corrected chi connectivity index (χ1v) is 11.3. The summed E-state index contributed by atoms with van der Waals surface area (Å²) in [7, 11) is -3.72. The summed E-state index contributed by atoms with van der Waals surface area (Å²) >= 11 is 0. The van der Waals surface area contributed by atoms with E-state index < -0.39 is 28.5 Å². The minimum absolute atomic E-state index is 0.0181. The fraction of sp³-hybridized carbons (Fsp3) is 0.130. The normalized spacial score (nSPS) is 10.9. The van der Waals surface area contributed by atoms with Gasteiger partial charge >= 0.3 is 5.97 Å². The summed E-state index contributed by atoms with van der Waals surface area (Å²) in [5, 5.41) is 2.64. The van der Waals surface area contributed by atoms with Crippen molar-refractivity contribution in [3.8, 4) is 11.5 Å². The highest BCUT2D eigenvalue weighted by Crippen LogP contribution is 2.29. The Balaban J connectivity index is 1.62. The minimum Gasteiger partial charge on any atom is -0.455 e. The molecule has 0 aromatic heterocycles. The van der Waals surface area contributed by atoms with Gasteiger partial charge < -0.3 is 14.8 Å². The molecule has 8 nitrogen and oxygen atoms in total. The zero-order valence-electron chi connectivity index (χ0n) is 17.3. The zero-order chi connectivity index (χ0) is 23.0. The van der Waals surface area contributed by atoms with Crippen LogP contribution in [0.15, 0.2) is 83.8 Å². The van der Waals surface area contributed by atoms with Crippen LogP contribution >= 0.6 is 0 Å². The number of rotatable bonds is 9. The van der Waals surface area contributed by atoms with Crippen LogP contribution in [0.2, 0.25) is 0 Å². The molecule has 3 rings (SSSR count). The average molecular weight is 455 g/mol. The second kappa shape index (κ2) is 10.6. The van der Waals surface area contributed by atoms with Crippen molar-refractivity contribution in [2.45, 2.75) is 11.8 Å². The number of para-hydroxylation sites is 3. The van der Waals surface area contributed by atoms with Gasteiger partial charge in [0.15, 0.2) is 12.4 Å². The van der Waals surface area contributed by atoms with E-state index in [9.17, 15) is 18.0 Å². The molecule has 0 radical (unpaired) electrons. The van der Waals surface area contributed by atoms with Crippen LogP contribution in [-0.2, 0) is 19.6 Å². The highest BCUT2D eigenvalue weighted by molar-refractivity contribution is 7.89. The van der Waals surface area contributed by atoms with Gasteiger partial charge in [-0.3, -0.25) is 4.79 Å². The lowest BCUT2D eigenvalue weighted by molar-refractivity contribution is -0.119. The minimum atomic E-state index is -3.72. The van der Waals surface area contributed by atoms with E-state index in [-0.39, 0.29) is 17.0 Å². The number of carbonyl (C=O) groups is 2. The van der Waals surface area contributed by atoms with Gasteiger partial charge in [0.05, 0.1) is 16.1 Å². The molecule has 166 valence electrons. The lowest BCUT2D eigenvalue weighted by Gasteiger charge is -2.12. The molecule has 0 saturated heterocycles. The van der Waals surface area contributed by atoms with Crippen molar-refractivity contribution in [1.29, 1.82) is 0 Å². The summed E-state index contributed by atoms with van der Waals surface area (Å²) in [6.45, 7) is 1.31. The van der Waals surface area contributed by atoms with E-state index in [4.69, 9.17) is 9.47 Å². The lowest BCUT2D eigenvalue weighted by Crippen LogP contribution is -2.24. The molecule has 0 unspecified atom stereocenters. The topological polar surface area (TPSA) is 111 Å². The number of hydrogen-bond acceptors (Lipinski definition) is 6. The molecule has 3 aromatic rings. The number of ether oxygens (including phenoxy) is 2. The Labute approximate surface area is 186 Å². The molecular weight excluding hydrogens is 432 g/mol. The van der Waals surface area contributed by atoms with Gasteiger partial charge in [0.2, 0.25) is 10.0 Å². The molecule has 0 saturated carbocycles. The van der Waals surface area contributed by atoms with Gasteiger partial charge in [0, 0.05) is 6.54 Å². The first-order valence-electron chi connectivity index (χ1n) is 9.77. The molecule has 1 amide bonds. The smallest absolute Gasteiger partial charge is 0.338 e. The maximum atomic E-state index is 12.3. The summed E-state index contributed by atoms with van der Waals surface area (Å²) < 4.78 is 37.4. The number of amides is 1. The van der Waals surface area contributed by atoms with Crippen LogP contribution < -0.4 is 14.8 Å². The predicted molar refractivity (Wildman–Crippen MR) is 119 cm³/mol. The summed E-state index contributed by atoms with van der Waals surface area (Å²) in [4.78, 5) is 24.6. The predicted octanol–water partition coefficient (Wildman–Crippen LogP) is 3.57. The monoisotopic (exact) mass is 454 g/mol. The van der Waals surface area contributed by atoms with Gasteiger partial charge in [0.1, 0.15) is 5.75 Å². The van der Waals surface area contributed by atoms with Gasteiger partial charge in [-0.1, -0.05) is 43.3 Å². The number of nitrogens with one attached hydrogen (secondary N) is 2. The molecule has 0 heterocycles. The van der Waals surface area contributed by atoms with Gasteiger partial charge in [-0.05, 0) is 42.5 Å². The van der Waals surface area contributed by atoms with E-state index in [2.05, 4.69) is 10.0 Å². The van der Waals surface area contributed by atoms with E-state index in [0.29, 0.717) is 17.2 Å². The van der Waals surface area contributed by atoms with Crippen molar-refractivity contribution < 1.29 is 27.5 Å². The van der Waals surface area contributed by atoms with Gasteiger partial charge in [0.25, 0.3) is 5.91 Å². The molecule has 0 bridgehead atoms. The molecule has 3 aromatic carbocycles. The van der Waals surface area contributed by atoms with Crippen LogP contribution in [0.5, 0.6) is 11.5 Å². The van der Waals surface area contributed by atoms with Crippen LogP contribution in [0.4, 0.5) is 5.69 Å². The molecule has 2 N–H and O–H groups in total. The maximum absolute atomic E-state index is 12.3. The third-order valence-corrected chi connectivity index (χ3v) is 5.72. The van der Waals surface area contributed by atoms with Gasteiger partial charge in [-0.15, -0.1) is 0 Å². The molecule has 32 heavy (non-hydrogen) atoms. The molecule has 0 atom stereocenters. The van der Waals surface area contributed by atoms with Crippen molar-refractivity contribution >= 4 is 27.6 Å². The maximum Gasteiger partial charge on any atom is 0.338 e. The Morgan fingerprint density at radius 3 is 2.38 bits per heavy atom. The van der Waals surface area contributed by atoms with Crippen molar-refractivity contribution in [2.24, 2.45) is 0 Å². The first kappa shape index (κ1) is 23.0. The average Bonchev–Trinajstić information content (AvgIpc) is 2.79. The van der Waals surface area contributed by atoms with E-state index in [1.807, 2.05) is 18.2 Å². The van der Waals surface area contributed by atoms with Crippen LogP contribution in [0.3, 0.4) is 0 Å². The van der Waals surface area contributed by atoms with E-state index in [0.717, 1.165) is 0 Å². The van der Waals surface area contributed by atoms with E-state index >= 15 is 0 Å². The third-order valence-electron chi connectivity index (χ3n) is 4.18. The van der Waals surface area contributed by atoms with E-state index in [1.165, 1.54) is 24.3 Å². The Morgan fingerprint density at radius 1 is 0.906 bits per heavy atom. The molecule has 0 spiro atoms. The van der Waals surface area contributed by atoms with Crippen molar-refractivity contribution in [2.75, 3.05) is 18.5 Å². The van der Waals surface area contributed by atoms with Crippen molar-refractivity contribution in [3.63, 3.8) is 0 Å². The highest BCUT2D eigenvalue weighted by Gasteiger charge is 2.17. The standard InChI is InChI=1S/C23H22N2O6S/c1-2-24-32(28,29)19-12-8-9-17(15-19)23(27)30-16-22(26)25-20-13-6-7-14-21(20)31-18-10-4-3-5-11-18/h3-15,24H,2,16H2,1H3,(H,25,26). The Kier molecular flexibility index (Phi) is 7.58. The lowest BCUT2D eigenvalue weighted by atomic mass is 10.2. The summed E-state index contributed by atoms with van der Waals surface area (Å²) in [5.41, 5.74) is 0.431. The Bertz CT molecular complexity index is 1200.